The average molecular weight is 277 g/mol. The fraction of sp³-hybridized carbons (Fsp3) is 0.455. The van der Waals surface area contributed by atoms with Gasteiger partial charge in [0.1, 0.15) is 0 Å². The summed E-state index contributed by atoms with van der Waals surface area (Å²) < 4.78 is 26.1. The fourth-order valence-corrected chi connectivity index (χ4v) is 2.73. The second kappa shape index (κ2) is 4.13. The highest BCUT2D eigenvalue weighted by atomic mass is 35.5. The van der Waals surface area contributed by atoms with E-state index in [0.717, 1.165) is 0 Å². The summed E-state index contributed by atoms with van der Waals surface area (Å²) in [5, 5.41) is 10.9. The summed E-state index contributed by atoms with van der Waals surface area (Å²) in [6.07, 6.45) is -0.839. The number of nitro benzene ring substituents is 1. The minimum absolute atomic E-state index is 0.0104. The first-order chi connectivity index (χ1) is 8.30. The maximum Gasteiger partial charge on any atom is 0.269 e. The molecule has 0 amide bonds. The number of alkyl halides is 2. The Bertz CT molecular complexity index is 500. The Morgan fingerprint density at radius 1 is 1.44 bits per heavy atom. The van der Waals surface area contributed by atoms with Gasteiger partial charge in [-0.2, -0.15) is 0 Å². The van der Waals surface area contributed by atoms with Crippen LogP contribution in [0.3, 0.4) is 0 Å². The average Bonchev–Trinajstić information content (AvgIpc) is 2.25. The van der Waals surface area contributed by atoms with Crippen LogP contribution >= 0.6 is 11.6 Å². The van der Waals surface area contributed by atoms with Crippen LogP contribution in [0.5, 0.6) is 0 Å². The van der Waals surface area contributed by atoms with Crippen LogP contribution in [0.15, 0.2) is 18.2 Å². The first-order valence-electron chi connectivity index (χ1n) is 5.32. The van der Waals surface area contributed by atoms with E-state index in [1.54, 1.807) is 0 Å². The first kappa shape index (κ1) is 13.2. The van der Waals surface area contributed by atoms with E-state index >= 15 is 0 Å². The highest BCUT2D eigenvalue weighted by Gasteiger charge is 2.57. The molecule has 0 heterocycles. The van der Waals surface area contributed by atoms with Gasteiger partial charge in [0.15, 0.2) is 0 Å². The molecule has 0 atom stereocenters. The number of hydrogen-bond donors (Lipinski definition) is 1. The monoisotopic (exact) mass is 276 g/mol. The van der Waals surface area contributed by atoms with Gasteiger partial charge in [0.2, 0.25) is 5.92 Å². The molecule has 2 rings (SSSR count). The topological polar surface area (TPSA) is 69.2 Å². The molecule has 0 radical (unpaired) electrons. The summed E-state index contributed by atoms with van der Waals surface area (Å²) in [4.78, 5) is 10.1. The van der Waals surface area contributed by atoms with Gasteiger partial charge in [-0.15, -0.1) is 0 Å². The van der Waals surface area contributed by atoms with Crippen LogP contribution in [0, 0.1) is 10.1 Å². The van der Waals surface area contributed by atoms with E-state index < -0.39 is 29.1 Å². The summed E-state index contributed by atoms with van der Waals surface area (Å²) >= 11 is 5.95. The van der Waals surface area contributed by atoms with Crippen LogP contribution < -0.4 is 5.73 Å². The molecule has 18 heavy (non-hydrogen) atoms. The van der Waals surface area contributed by atoms with Crippen molar-refractivity contribution >= 4 is 17.3 Å². The lowest BCUT2D eigenvalue weighted by molar-refractivity contribution is -0.385. The number of rotatable bonds is 3. The predicted molar refractivity (Wildman–Crippen MR) is 63.0 cm³/mol. The quantitative estimate of drug-likeness (QED) is 0.682. The third-order valence-corrected chi connectivity index (χ3v) is 3.65. The molecule has 0 unspecified atom stereocenters. The van der Waals surface area contributed by atoms with Gasteiger partial charge in [0.05, 0.1) is 4.92 Å². The van der Waals surface area contributed by atoms with Gasteiger partial charge >= 0.3 is 0 Å². The second-order valence-corrected chi connectivity index (χ2v) is 5.02. The van der Waals surface area contributed by atoms with E-state index in [2.05, 4.69) is 0 Å². The Balaban J connectivity index is 2.43. The molecular formula is C11H11ClF2N2O2. The van der Waals surface area contributed by atoms with Gasteiger partial charge in [-0.05, 0) is 11.6 Å². The summed E-state index contributed by atoms with van der Waals surface area (Å²) in [7, 11) is 0. The molecular weight excluding hydrogens is 266 g/mol. The number of nitrogens with two attached hydrogens (primary N) is 1. The smallest absolute Gasteiger partial charge is 0.269 e. The molecule has 1 aromatic carbocycles. The highest BCUT2D eigenvalue weighted by molar-refractivity contribution is 6.31. The Kier molecular flexibility index (Phi) is 3.03. The minimum atomic E-state index is -2.77. The van der Waals surface area contributed by atoms with Gasteiger partial charge in [-0.25, -0.2) is 8.78 Å². The fourth-order valence-electron chi connectivity index (χ4n) is 2.42. The van der Waals surface area contributed by atoms with E-state index in [-0.39, 0.29) is 17.3 Å². The van der Waals surface area contributed by atoms with Gasteiger partial charge in [0, 0.05) is 42.0 Å². The highest BCUT2D eigenvalue weighted by Crippen LogP contribution is 2.54. The zero-order valence-corrected chi connectivity index (χ0v) is 10.1. The SMILES string of the molecule is NCC1(c2cc([N+](=O)[O-])ccc2Cl)CC(F)(F)C1. The van der Waals surface area contributed by atoms with Crippen molar-refractivity contribution < 1.29 is 13.7 Å². The maximum absolute atomic E-state index is 13.1. The van der Waals surface area contributed by atoms with Crippen molar-refractivity contribution in [3.63, 3.8) is 0 Å². The summed E-state index contributed by atoms with van der Waals surface area (Å²) in [5.74, 6) is -2.77. The Morgan fingerprint density at radius 2 is 2.06 bits per heavy atom. The minimum Gasteiger partial charge on any atom is -0.330 e. The van der Waals surface area contributed by atoms with Crippen LogP contribution in [-0.4, -0.2) is 17.4 Å². The lowest BCUT2D eigenvalue weighted by Crippen LogP contribution is -2.53. The van der Waals surface area contributed by atoms with Crippen LogP contribution in [-0.2, 0) is 5.41 Å². The molecule has 0 aliphatic heterocycles. The molecule has 1 fully saturated rings. The molecule has 2 N–H and O–H groups in total. The van der Waals surface area contributed by atoms with Crippen molar-refractivity contribution in [1.29, 1.82) is 0 Å². The van der Waals surface area contributed by atoms with Gasteiger partial charge in [-0.3, -0.25) is 10.1 Å². The van der Waals surface area contributed by atoms with Crippen LogP contribution in [0.4, 0.5) is 14.5 Å². The number of hydrogen-bond acceptors (Lipinski definition) is 3. The summed E-state index contributed by atoms with van der Waals surface area (Å²) in [6, 6.07) is 3.83. The zero-order valence-electron chi connectivity index (χ0n) is 9.33. The lowest BCUT2D eigenvalue weighted by Gasteiger charge is -2.47. The molecule has 0 bridgehead atoms. The van der Waals surface area contributed by atoms with Crippen LogP contribution in [0.2, 0.25) is 5.02 Å². The molecule has 4 nitrogen and oxygen atoms in total. The van der Waals surface area contributed by atoms with Crippen molar-refractivity contribution in [2.75, 3.05) is 6.54 Å². The number of nitrogens with zero attached hydrogens (tertiary/aromatic N) is 1. The van der Waals surface area contributed by atoms with Gasteiger partial charge in [-0.1, -0.05) is 11.6 Å². The van der Waals surface area contributed by atoms with Crippen molar-refractivity contribution in [3.8, 4) is 0 Å². The Morgan fingerprint density at radius 3 is 2.50 bits per heavy atom. The molecule has 1 saturated carbocycles. The van der Waals surface area contributed by atoms with E-state index in [4.69, 9.17) is 17.3 Å². The third kappa shape index (κ3) is 2.06. The Labute approximate surface area is 107 Å². The van der Waals surface area contributed by atoms with Crippen molar-refractivity contribution in [2.45, 2.75) is 24.2 Å². The van der Waals surface area contributed by atoms with Crippen molar-refractivity contribution in [1.82, 2.24) is 0 Å². The normalized spacial score (nSPS) is 20.2. The van der Waals surface area contributed by atoms with E-state index in [1.165, 1.54) is 18.2 Å². The van der Waals surface area contributed by atoms with E-state index in [1.807, 2.05) is 0 Å². The number of nitro groups is 1. The van der Waals surface area contributed by atoms with E-state index in [0.29, 0.717) is 5.56 Å². The summed E-state index contributed by atoms with van der Waals surface area (Å²) in [5.41, 5.74) is 4.77. The predicted octanol–water partition coefficient (Wildman–Crippen LogP) is 2.87. The van der Waals surface area contributed by atoms with Crippen molar-refractivity contribution in [2.24, 2.45) is 5.73 Å². The van der Waals surface area contributed by atoms with Crippen LogP contribution in [0.25, 0.3) is 0 Å². The number of halogens is 3. The number of benzene rings is 1. The maximum atomic E-state index is 13.1. The van der Waals surface area contributed by atoms with E-state index in [9.17, 15) is 18.9 Å². The largest absolute Gasteiger partial charge is 0.330 e. The molecule has 1 aliphatic rings. The molecule has 1 aliphatic carbocycles. The van der Waals surface area contributed by atoms with Gasteiger partial charge < -0.3 is 5.73 Å². The standard InChI is InChI=1S/C11H11ClF2N2O2/c12-9-2-1-7(16(17)18)3-8(9)10(6-15)4-11(13,14)5-10/h1-3H,4-6,15H2. The molecule has 0 saturated heterocycles. The zero-order chi connectivity index (χ0) is 13.6. The molecule has 0 spiro atoms. The Hall–Kier alpha value is -1.27. The molecule has 7 heteroatoms. The second-order valence-electron chi connectivity index (χ2n) is 4.62. The summed E-state index contributed by atoms with van der Waals surface area (Å²) in [6.45, 7) is -0.0104. The van der Waals surface area contributed by atoms with Crippen molar-refractivity contribution in [3.05, 3.63) is 38.9 Å². The molecule has 98 valence electrons. The lowest BCUT2D eigenvalue weighted by atomic mass is 9.62. The molecule has 0 aromatic heterocycles. The third-order valence-electron chi connectivity index (χ3n) is 3.32. The van der Waals surface area contributed by atoms with Crippen LogP contribution in [0.1, 0.15) is 18.4 Å². The van der Waals surface area contributed by atoms with Gasteiger partial charge in [0.25, 0.3) is 5.69 Å². The number of non-ortho nitro benzene ring substituents is 1. The molecule has 1 aromatic rings. The first-order valence-corrected chi connectivity index (χ1v) is 5.70.